The summed E-state index contributed by atoms with van der Waals surface area (Å²) in [5.41, 5.74) is 8.02. The van der Waals surface area contributed by atoms with Crippen LogP contribution in [0, 0.1) is 0 Å². The van der Waals surface area contributed by atoms with Gasteiger partial charge >= 0.3 is 0 Å². The number of hydrogen-bond acceptors (Lipinski definition) is 7. The second kappa shape index (κ2) is 4.34. The van der Waals surface area contributed by atoms with Crippen molar-refractivity contribution in [3.05, 3.63) is 6.07 Å². The molecule has 1 fully saturated rings. The molecule has 2 rings (SSSR count). The average Bonchev–Trinajstić information content (AvgIpc) is 2.27. The third-order valence-corrected chi connectivity index (χ3v) is 2.80. The van der Waals surface area contributed by atoms with Gasteiger partial charge in [0.15, 0.2) is 0 Å². The fraction of sp³-hybridized carbons (Fsp3) is 0.600. The van der Waals surface area contributed by atoms with Gasteiger partial charge in [0.2, 0.25) is 5.95 Å². The Morgan fingerprint density at radius 2 is 2.24 bits per heavy atom. The van der Waals surface area contributed by atoms with E-state index in [1.54, 1.807) is 6.07 Å². The van der Waals surface area contributed by atoms with Gasteiger partial charge in [-0.2, -0.15) is 9.97 Å². The average molecular weight is 238 g/mol. The molecule has 0 amide bonds. The molecule has 2 heterocycles. The summed E-state index contributed by atoms with van der Waals surface area (Å²) in [6, 6.07) is 1.78. The second-order valence-electron chi connectivity index (χ2n) is 4.63. The van der Waals surface area contributed by atoms with Gasteiger partial charge in [0.1, 0.15) is 11.6 Å². The van der Waals surface area contributed by atoms with Crippen LogP contribution < -0.4 is 21.9 Å². The van der Waals surface area contributed by atoms with Gasteiger partial charge < -0.3 is 20.8 Å². The maximum Gasteiger partial charge on any atom is 0.223 e. The fourth-order valence-corrected chi connectivity index (χ4v) is 1.95. The van der Waals surface area contributed by atoms with E-state index in [0.717, 1.165) is 12.4 Å². The molecule has 0 atom stereocenters. The zero-order valence-electron chi connectivity index (χ0n) is 10.1. The lowest BCUT2D eigenvalue weighted by atomic mass is 10.0. The van der Waals surface area contributed by atoms with E-state index in [1.807, 2.05) is 0 Å². The van der Waals surface area contributed by atoms with Crippen molar-refractivity contribution in [1.82, 2.24) is 9.97 Å². The molecule has 0 unspecified atom stereocenters. The molecule has 0 spiro atoms. The molecule has 0 bridgehead atoms. The summed E-state index contributed by atoms with van der Waals surface area (Å²) in [7, 11) is 0. The van der Waals surface area contributed by atoms with Crippen molar-refractivity contribution in [3.63, 3.8) is 0 Å². The maximum atomic E-state index is 5.65. The van der Waals surface area contributed by atoms with Crippen LogP contribution in [-0.4, -0.2) is 35.3 Å². The number of nitrogen functional groups attached to an aromatic ring is 2. The first-order chi connectivity index (χ1) is 8.03. The highest BCUT2D eigenvalue weighted by molar-refractivity contribution is 5.53. The largest absolute Gasteiger partial charge is 0.377 e. The minimum absolute atomic E-state index is 0.120. The molecule has 0 radical (unpaired) electrons. The first kappa shape index (κ1) is 11.9. The summed E-state index contributed by atoms with van der Waals surface area (Å²) >= 11 is 0. The number of nitrogens with one attached hydrogen (secondary N) is 1. The number of nitrogens with two attached hydrogens (primary N) is 2. The highest BCUT2D eigenvalue weighted by Crippen LogP contribution is 2.26. The molecule has 7 nitrogen and oxygen atoms in total. The third kappa shape index (κ3) is 2.40. The van der Waals surface area contributed by atoms with E-state index in [-0.39, 0.29) is 11.5 Å². The minimum atomic E-state index is -0.120. The number of morpholine rings is 1. The number of anilines is 3. The van der Waals surface area contributed by atoms with Crippen molar-refractivity contribution in [2.24, 2.45) is 5.84 Å². The SMILES string of the molecule is CC1(C)COCCN1c1cc(NN)nc(N)n1. The van der Waals surface area contributed by atoms with E-state index in [4.69, 9.17) is 16.3 Å². The summed E-state index contributed by atoms with van der Waals surface area (Å²) in [5.74, 6) is 6.82. The van der Waals surface area contributed by atoms with Gasteiger partial charge in [0.25, 0.3) is 0 Å². The van der Waals surface area contributed by atoms with Crippen molar-refractivity contribution >= 4 is 17.6 Å². The highest BCUT2D eigenvalue weighted by Gasteiger charge is 2.31. The van der Waals surface area contributed by atoms with Gasteiger partial charge in [0.05, 0.1) is 18.8 Å². The predicted octanol–water partition coefficient (Wildman–Crippen LogP) is -0.0404. The molecule has 5 N–H and O–H groups in total. The van der Waals surface area contributed by atoms with Crippen LogP contribution in [0.25, 0.3) is 0 Å². The lowest BCUT2D eigenvalue weighted by Crippen LogP contribution is -2.53. The van der Waals surface area contributed by atoms with Gasteiger partial charge in [-0.05, 0) is 13.8 Å². The molecule has 0 aliphatic carbocycles. The number of rotatable bonds is 2. The van der Waals surface area contributed by atoms with Crippen molar-refractivity contribution in [2.75, 3.05) is 35.8 Å². The van der Waals surface area contributed by atoms with Gasteiger partial charge in [0, 0.05) is 12.6 Å². The summed E-state index contributed by atoms with van der Waals surface area (Å²) < 4.78 is 5.47. The monoisotopic (exact) mass is 238 g/mol. The maximum absolute atomic E-state index is 5.65. The molecular weight excluding hydrogens is 220 g/mol. The normalized spacial score (nSPS) is 19.1. The lowest BCUT2D eigenvalue weighted by Gasteiger charge is -2.42. The molecule has 17 heavy (non-hydrogen) atoms. The van der Waals surface area contributed by atoms with Gasteiger partial charge in [-0.1, -0.05) is 0 Å². The van der Waals surface area contributed by atoms with Crippen molar-refractivity contribution in [2.45, 2.75) is 19.4 Å². The van der Waals surface area contributed by atoms with Crippen LogP contribution in [0.3, 0.4) is 0 Å². The van der Waals surface area contributed by atoms with Crippen LogP contribution in [0.1, 0.15) is 13.8 Å². The minimum Gasteiger partial charge on any atom is -0.377 e. The highest BCUT2D eigenvalue weighted by atomic mass is 16.5. The molecule has 1 saturated heterocycles. The number of hydrogen-bond donors (Lipinski definition) is 3. The Hall–Kier alpha value is -1.60. The summed E-state index contributed by atoms with van der Waals surface area (Å²) in [6.07, 6.45) is 0. The molecule has 1 aromatic rings. The third-order valence-electron chi connectivity index (χ3n) is 2.80. The predicted molar refractivity (Wildman–Crippen MR) is 66.5 cm³/mol. The first-order valence-electron chi connectivity index (χ1n) is 5.49. The Labute approximate surface area is 100 Å². The molecule has 1 aliphatic heterocycles. The van der Waals surface area contributed by atoms with Crippen LogP contribution in [0.4, 0.5) is 17.6 Å². The fourth-order valence-electron chi connectivity index (χ4n) is 1.95. The van der Waals surface area contributed by atoms with E-state index >= 15 is 0 Å². The van der Waals surface area contributed by atoms with Crippen LogP contribution >= 0.6 is 0 Å². The van der Waals surface area contributed by atoms with E-state index < -0.39 is 0 Å². The first-order valence-corrected chi connectivity index (χ1v) is 5.49. The van der Waals surface area contributed by atoms with Crippen LogP contribution in [0.2, 0.25) is 0 Å². The zero-order valence-corrected chi connectivity index (χ0v) is 10.1. The molecule has 94 valence electrons. The molecule has 7 heteroatoms. The topological polar surface area (TPSA) is 102 Å². The summed E-state index contributed by atoms with van der Waals surface area (Å²) in [4.78, 5) is 10.4. The summed E-state index contributed by atoms with van der Waals surface area (Å²) in [5, 5.41) is 0. The molecule has 0 saturated carbocycles. The Morgan fingerprint density at radius 1 is 1.47 bits per heavy atom. The summed E-state index contributed by atoms with van der Waals surface area (Å²) in [6.45, 7) is 6.30. The smallest absolute Gasteiger partial charge is 0.223 e. The second-order valence-corrected chi connectivity index (χ2v) is 4.63. The van der Waals surface area contributed by atoms with Crippen molar-refractivity contribution in [3.8, 4) is 0 Å². The van der Waals surface area contributed by atoms with E-state index in [1.165, 1.54) is 0 Å². The van der Waals surface area contributed by atoms with E-state index in [9.17, 15) is 0 Å². The Bertz CT molecular complexity index is 408. The molecule has 0 aromatic carbocycles. The van der Waals surface area contributed by atoms with Crippen LogP contribution in [0.15, 0.2) is 6.07 Å². The Morgan fingerprint density at radius 3 is 2.88 bits per heavy atom. The van der Waals surface area contributed by atoms with Gasteiger partial charge in [-0.25, -0.2) is 5.84 Å². The number of nitrogens with zero attached hydrogens (tertiary/aromatic N) is 3. The van der Waals surface area contributed by atoms with Crippen molar-refractivity contribution < 1.29 is 4.74 Å². The number of ether oxygens (including phenoxy) is 1. The Balaban J connectivity index is 2.35. The standard InChI is InChI=1S/C10H18N6O/c1-10(2)6-17-4-3-16(10)8-5-7(15-12)13-9(11)14-8/h5H,3-4,6,12H2,1-2H3,(H3,11,13,14,15). The van der Waals surface area contributed by atoms with Crippen LogP contribution in [-0.2, 0) is 4.74 Å². The van der Waals surface area contributed by atoms with E-state index in [0.29, 0.717) is 19.0 Å². The lowest BCUT2D eigenvalue weighted by molar-refractivity contribution is 0.0639. The zero-order chi connectivity index (χ0) is 12.5. The van der Waals surface area contributed by atoms with Crippen LogP contribution in [0.5, 0.6) is 0 Å². The molecular formula is C10H18N6O. The molecule has 1 aromatic heterocycles. The molecule has 1 aliphatic rings. The number of aromatic nitrogens is 2. The quantitative estimate of drug-likeness (QED) is 0.490. The van der Waals surface area contributed by atoms with Gasteiger partial charge in [-0.15, -0.1) is 0 Å². The van der Waals surface area contributed by atoms with Gasteiger partial charge in [-0.3, -0.25) is 0 Å². The Kier molecular flexibility index (Phi) is 3.03. The number of hydrazine groups is 1. The van der Waals surface area contributed by atoms with E-state index in [2.05, 4.69) is 34.1 Å². The van der Waals surface area contributed by atoms with Crippen molar-refractivity contribution in [1.29, 1.82) is 0 Å².